The molecular weight excluding hydrogens is 394 g/mol. The molecule has 0 radical (unpaired) electrons. The van der Waals surface area contributed by atoms with Crippen molar-refractivity contribution in [1.29, 1.82) is 0 Å². The molecule has 0 aromatic carbocycles. The Kier molecular flexibility index (Phi) is 10.3. The fraction of sp³-hybridized carbons (Fsp3) is 0.682. The largest absolute Gasteiger partial charge is 0.355 e. The van der Waals surface area contributed by atoms with Gasteiger partial charge in [0.05, 0.1) is 12.6 Å². The van der Waals surface area contributed by atoms with Crippen LogP contribution in [0.2, 0.25) is 0 Å². The first-order valence-electron chi connectivity index (χ1n) is 11.2. The first-order valence-corrected chi connectivity index (χ1v) is 12.0. The number of aryl methyl sites for hydroxylation is 1. The van der Waals surface area contributed by atoms with Crippen molar-refractivity contribution in [2.24, 2.45) is 4.99 Å². The van der Waals surface area contributed by atoms with E-state index in [2.05, 4.69) is 89.4 Å². The lowest BCUT2D eigenvalue weighted by Crippen LogP contribution is -2.42. The second-order valence-electron chi connectivity index (χ2n) is 8.00. The van der Waals surface area contributed by atoms with E-state index in [-0.39, 0.29) is 6.04 Å². The van der Waals surface area contributed by atoms with E-state index in [1.54, 1.807) is 17.7 Å². The molecule has 1 atom stereocenters. The normalized spacial score (nSPS) is 13.4. The zero-order chi connectivity index (χ0) is 21.9. The number of guanidine groups is 1. The molecule has 0 saturated heterocycles. The predicted octanol–water partition coefficient (Wildman–Crippen LogP) is 3.71. The molecule has 0 fully saturated rings. The summed E-state index contributed by atoms with van der Waals surface area (Å²) in [6, 6.07) is 5.59. The first-order chi connectivity index (χ1) is 14.5. The van der Waals surface area contributed by atoms with Crippen LogP contribution in [-0.4, -0.2) is 57.3 Å². The third kappa shape index (κ3) is 7.40. The van der Waals surface area contributed by atoms with Crippen molar-refractivity contribution in [2.75, 3.05) is 19.6 Å². The van der Waals surface area contributed by atoms with Crippen LogP contribution in [0.3, 0.4) is 0 Å². The lowest BCUT2D eigenvalue weighted by molar-refractivity contribution is 0.181. The van der Waals surface area contributed by atoms with Crippen LogP contribution in [0.4, 0.5) is 0 Å². The highest BCUT2D eigenvalue weighted by molar-refractivity contribution is 7.10. The van der Waals surface area contributed by atoms with Gasteiger partial charge in [-0.15, -0.1) is 21.5 Å². The van der Waals surface area contributed by atoms with Crippen molar-refractivity contribution >= 4 is 17.3 Å². The third-order valence-corrected chi connectivity index (χ3v) is 6.20. The van der Waals surface area contributed by atoms with Gasteiger partial charge in [0, 0.05) is 43.0 Å². The van der Waals surface area contributed by atoms with Gasteiger partial charge in [-0.1, -0.05) is 19.9 Å². The van der Waals surface area contributed by atoms with E-state index < -0.39 is 0 Å². The number of hydrogen-bond donors (Lipinski definition) is 2. The number of hydrogen-bond acceptors (Lipinski definition) is 5. The summed E-state index contributed by atoms with van der Waals surface area (Å²) in [5.74, 6) is 1.88. The van der Waals surface area contributed by atoms with Gasteiger partial charge in [-0.05, 0) is 45.6 Å². The van der Waals surface area contributed by atoms with Gasteiger partial charge in [-0.3, -0.25) is 9.89 Å². The van der Waals surface area contributed by atoms with E-state index in [1.165, 1.54) is 4.88 Å². The molecule has 1 unspecified atom stereocenters. The lowest BCUT2D eigenvalue weighted by Gasteiger charge is -2.30. The Balaban J connectivity index is 2.02. The molecule has 0 amide bonds. The number of aliphatic imine (C=N–C) groups is 1. The molecule has 0 aliphatic heterocycles. The Labute approximate surface area is 186 Å². The zero-order valence-electron chi connectivity index (χ0n) is 19.4. The third-order valence-electron chi connectivity index (χ3n) is 5.22. The van der Waals surface area contributed by atoms with Gasteiger partial charge in [0.1, 0.15) is 12.2 Å². The molecule has 30 heavy (non-hydrogen) atoms. The topological polar surface area (TPSA) is 70.4 Å². The minimum Gasteiger partial charge on any atom is -0.355 e. The number of thiophene rings is 1. The summed E-state index contributed by atoms with van der Waals surface area (Å²) >= 11 is 1.79. The van der Waals surface area contributed by atoms with Crippen LogP contribution in [-0.2, 0) is 13.0 Å². The second kappa shape index (κ2) is 12.7. The SMILES string of the molecule is CCc1nncn1CCNC(=NCCN(C(C)C)C(C)C)NC(CC)c1cccs1. The number of aromatic nitrogens is 3. The van der Waals surface area contributed by atoms with Crippen molar-refractivity contribution in [2.45, 2.75) is 79.1 Å². The molecule has 7 nitrogen and oxygen atoms in total. The summed E-state index contributed by atoms with van der Waals surface area (Å²) in [4.78, 5) is 8.72. The summed E-state index contributed by atoms with van der Waals surface area (Å²) in [5.41, 5.74) is 0. The van der Waals surface area contributed by atoms with Crippen molar-refractivity contribution < 1.29 is 0 Å². The molecule has 2 aromatic heterocycles. The Morgan fingerprint density at radius 1 is 1.23 bits per heavy atom. The van der Waals surface area contributed by atoms with E-state index in [9.17, 15) is 0 Å². The summed E-state index contributed by atoms with van der Waals surface area (Å²) in [7, 11) is 0. The number of rotatable bonds is 12. The van der Waals surface area contributed by atoms with Crippen molar-refractivity contribution in [1.82, 2.24) is 30.3 Å². The maximum absolute atomic E-state index is 4.90. The van der Waals surface area contributed by atoms with Crippen LogP contribution in [0.5, 0.6) is 0 Å². The maximum atomic E-state index is 4.90. The van der Waals surface area contributed by atoms with Crippen LogP contribution in [0.25, 0.3) is 0 Å². The smallest absolute Gasteiger partial charge is 0.191 e. The monoisotopic (exact) mass is 433 g/mol. The fourth-order valence-electron chi connectivity index (χ4n) is 3.61. The zero-order valence-corrected chi connectivity index (χ0v) is 20.2. The highest BCUT2D eigenvalue weighted by Gasteiger charge is 2.14. The van der Waals surface area contributed by atoms with Gasteiger partial charge in [0.15, 0.2) is 5.96 Å². The summed E-state index contributed by atoms with van der Waals surface area (Å²) in [6.45, 7) is 16.6. The van der Waals surface area contributed by atoms with Crippen molar-refractivity contribution in [3.05, 3.63) is 34.5 Å². The van der Waals surface area contributed by atoms with E-state index in [0.717, 1.165) is 50.8 Å². The molecule has 2 N–H and O–H groups in total. The van der Waals surface area contributed by atoms with E-state index in [0.29, 0.717) is 12.1 Å². The molecule has 0 aliphatic rings. The quantitative estimate of drug-likeness (QED) is 0.394. The molecular formula is C22H39N7S. The van der Waals surface area contributed by atoms with Crippen LogP contribution in [0, 0.1) is 0 Å². The van der Waals surface area contributed by atoms with Crippen molar-refractivity contribution in [3.63, 3.8) is 0 Å². The Morgan fingerprint density at radius 3 is 2.60 bits per heavy atom. The summed E-state index contributed by atoms with van der Waals surface area (Å²) < 4.78 is 2.10. The van der Waals surface area contributed by atoms with Gasteiger partial charge in [0.25, 0.3) is 0 Å². The number of nitrogens with one attached hydrogen (secondary N) is 2. The van der Waals surface area contributed by atoms with Gasteiger partial charge >= 0.3 is 0 Å². The van der Waals surface area contributed by atoms with Crippen LogP contribution in [0.15, 0.2) is 28.8 Å². The second-order valence-corrected chi connectivity index (χ2v) is 8.98. The van der Waals surface area contributed by atoms with Crippen LogP contribution < -0.4 is 10.6 Å². The molecule has 0 saturated carbocycles. The van der Waals surface area contributed by atoms with Gasteiger partial charge < -0.3 is 15.2 Å². The van der Waals surface area contributed by atoms with Gasteiger partial charge in [-0.25, -0.2) is 0 Å². The minimum absolute atomic E-state index is 0.267. The average molecular weight is 434 g/mol. The maximum Gasteiger partial charge on any atom is 0.191 e. The molecule has 8 heteroatoms. The summed E-state index contributed by atoms with van der Waals surface area (Å²) in [5, 5.41) is 17.5. The van der Waals surface area contributed by atoms with E-state index >= 15 is 0 Å². The standard InChI is InChI=1S/C22H39N7S/c1-7-19(20-10-9-15-30-20)26-22(24-12-14-29(17(3)4)18(5)6)23-11-13-28-16-25-27-21(28)8-2/h9-10,15-19H,7-8,11-14H2,1-6H3,(H2,23,24,26). The molecule has 0 spiro atoms. The highest BCUT2D eigenvalue weighted by Crippen LogP contribution is 2.21. The lowest BCUT2D eigenvalue weighted by atomic mass is 10.2. The number of nitrogens with zero attached hydrogens (tertiary/aromatic N) is 5. The fourth-order valence-corrected chi connectivity index (χ4v) is 4.47. The molecule has 2 heterocycles. The molecule has 168 valence electrons. The Hall–Kier alpha value is -1.93. The van der Waals surface area contributed by atoms with Crippen molar-refractivity contribution in [3.8, 4) is 0 Å². The Bertz CT molecular complexity index is 729. The molecule has 0 bridgehead atoms. The van der Waals surface area contributed by atoms with E-state index in [1.807, 2.05) is 0 Å². The van der Waals surface area contributed by atoms with Gasteiger partial charge in [-0.2, -0.15) is 0 Å². The highest BCUT2D eigenvalue weighted by atomic mass is 32.1. The average Bonchev–Trinajstić information content (AvgIpc) is 3.39. The van der Waals surface area contributed by atoms with Crippen LogP contribution in [0.1, 0.15) is 64.7 Å². The summed E-state index contributed by atoms with van der Waals surface area (Å²) in [6.07, 6.45) is 3.70. The van der Waals surface area contributed by atoms with Gasteiger partial charge in [0.2, 0.25) is 0 Å². The first kappa shape index (κ1) is 24.3. The predicted molar refractivity (Wildman–Crippen MR) is 127 cm³/mol. The van der Waals surface area contributed by atoms with E-state index in [4.69, 9.17) is 4.99 Å². The molecule has 2 rings (SSSR count). The molecule has 2 aromatic rings. The minimum atomic E-state index is 0.267. The van der Waals surface area contributed by atoms with Crippen LogP contribution >= 0.6 is 11.3 Å². The molecule has 0 aliphatic carbocycles. The Morgan fingerprint density at radius 2 is 2.00 bits per heavy atom.